The summed E-state index contributed by atoms with van der Waals surface area (Å²) in [6.07, 6.45) is 1.53. The number of rotatable bonds is 3. The second-order valence-corrected chi connectivity index (χ2v) is 2.86. The van der Waals surface area contributed by atoms with Crippen molar-refractivity contribution in [2.24, 2.45) is 10.7 Å². The van der Waals surface area contributed by atoms with Gasteiger partial charge in [0.2, 0.25) is 5.91 Å². The van der Waals surface area contributed by atoms with Gasteiger partial charge in [-0.2, -0.15) is 0 Å². The molecule has 0 aliphatic heterocycles. The molecule has 0 radical (unpaired) electrons. The second-order valence-electron chi connectivity index (χ2n) is 2.46. The van der Waals surface area contributed by atoms with Gasteiger partial charge in [0.05, 0.1) is 0 Å². The molecule has 0 spiro atoms. The van der Waals surface area contributed by atoms with Gasteiger partial charge < -0.3 is 5.73 Å². The molecule has 0 unspecified atom stereocenters. The quantitative estimate of drug-likeness (QED) is 0.727. The molecule has 3 nitrogen and oxygen atoms in total. The van der Waals surface area contributed by atoms with E-state index in [9.17, 15) is 4.79 Å². The number of hydrogen-bond donors (Lipinski definition) is 1. The average Bonchev–Trinajstić information content (AvgIpc) is 2.08. The highest BCUT2D eigenvalue weighted by atomic mass is 35.5. The molecule has 0 heterocycles. The van der Waals surface area contributed by atoms with E-state index in [0.717, 1.165) is 5.56 Å². The molecule has 0 saturated carbocycles. The zero-order chi connectivity index (χ0) is 9.68. The van der Waals surface area contributed by atoms with Gasteiger partial charge in [-0.25, -0.2) is 0 Å². The Labute approximate surface area is 81.2 Å². The highest BCUT2D eigenvalue weighted by molar-refractivity contribution is 6.33. The van der Waals surface area contributed by atoms with Crippen LogP contribution >= 0.6 is 11.6 Å². The van der Waals surface area contributed by atoms with E-state index in [-0.39, 0.29) is 6.54 Å². The summed E-state index contributed by atoms with van der Waals surface area (Å²) in [5.41, 5.74) is 5.69. The number of carbonyl (C=O) groups is 1. The van der Waals surface area contributed by atoms with Gasteiger partial charge in [0.15, 0.2) is 0 Å². The molecule has 1 amide bonds. The highest BCUT2D eigenvalue weighted by Crippen LogP contribution is 2.11. The fourth-order valence-corrected chi connectivity index (χ4v) is 0.998. The fraction of sp³-hybridized carbons (Fsp3) is 0.111. The maximum absolute atomic E-state index is 10.3. The zero-order valence-electron chi connectivity index (χ0n) is 6.90. The molecule has 1 aromatic rings. The fourth-order valence-electron chi connectivity index (χ4n) is 0.814. The highest BCUT2D eigenvalue weighted by Gasteiger charge is 1.94. The number of nitrogens with two attached hydrogens (primary N) is 1. The Balaban J connectivity index is 2.68. The number of hydrogen-bond acceptors (Lipinski definition) is 2. The second kappa shape index (κ2) is 4.62. The van der Waals surface area contributed by atoms with Crippen LogP contribution in [-0.2, 0) is 4.79 Å². The van der Waals surface area contributed by atoms with Crippen molar-refractivity contribution in [3.63, 3.8) is 0 Å². The molecule has 0 fully saturated rings. The number of aliphatic imine (C=N–C) groups is 1. The number of carbonyl (C=O) groups excluding carboxylic acids is 1. The van der Waals surface area contributed by atoms with Crippen LogP contribution in [0.4, 0.5) is 0 Å². The van der Waals surface area contributed by atoms with Crippen molar-refractivity contribution >= 4 is 23.7 Å². The summed E-state index contributed by atoms with van der Waals surface area (Å²) in [4.78, 5) is 14.2. The Morgan fingerprint density at radius 2 is 2.23 bits per heavy atom. The molecule has 0 aliphatic rings. The lowest BCUT2D eigenvalue weighted by atomic mass is 10.2. The minimum Gasteiger partial charge on any atom is -0.368 e. The van der Waals surface area contributed by atoms with Crippen molar-refractivity contribution in [2.45, 2.75) is 0 Å². The predicted molar refractivity (Wildman–Crippen MR) is 53.1 cm³/mol. The van der Waals surface area contributed by atoms with Crippen molar-refractivity contribution < 1.29 is 4.79 Å². The largest absolute Gasteiger partial charge is 0.368 e. The summed E-state index contributed by atoms with van der Waals surface area (Å²) < 4.78 is 0. The number of primary amides is 1. The molecular formula is C9H9ClN2O. The molecule has 0 aliphatic carbocycles. The van der Waals surface area contributed by atoms with Crippen LogP contribution in [0.15, 0.2) is 29.3 Å². The Hall–Kier alpha value is -1.35. The molecule has 0 atom stereocenters. The van der Waals surface area contributed by atoms with Gasteiger partial charge in [-0.3, -0.25) is 9.79 Å². The van der Waals surface area contributed by atoms with E-state index in [1.165, 1.54) is 6.21 Å². The molecule has 4 heteroatoms. The van der Waals surface area contributed by atoms with Crippen LogP contribution in [0, 0.1) is 0 Å². The summed E-state index contributed by atoms with van der Waals surface area (Å²) in [6, 6.07) is 7.24. The monoisotopic (exact) mass is 196 g/mol. The molecule has 1 rings (SSSR count). The average molecular weight is 197 g/mol. The third-order valence-electron chi connectivity index (χ3n) is 1.38. The van der Waals surface area contributed by atoms with Gasteiger partial charge in [0.25, 0.3) is 0 Å². The summed E-state index contributed by atoms with van der Waals surface area (Å²) in [5.74, 6) is -0.455. The van der Waals surface area contributed by atoms with Crippen molar-refractivity contribution in [3.8, 4) is 0 Å². The lowest BCUT2D eigenvalue weighted by molar-refractivity contribution is -0.116. The van der Waals surface area contributed by atoms with E-state index in [2.05, 4.69) is 4.99 Å². The van der Waals surface area contributed by atoms with E-state index < -0.39 is 5.91 Å². The third-order valence-corrected chi connectivity index (χ3v) is 1.73. The van der Waals surface area contributed by atoms with Gasteiger partial charge in [-0.05, 0) is 6.07 Å². The number of amides is 1. The van der Waals surface area contributed by atoms with Gasteiger partial charge >= 0.3 is 0 Å². The summed E-state index contributed by atoms with van der Waals surface area (Å²) in [7, 11) is 0. The van der Waals surface area contributed by atoms with E-state index in [4.69, 9.17) is 17.3 Å². The van der Waals surface area contributed by atoms with Crippen LogP contribution in [0.2, 0.25) is 5.02 Å². The van der Waals surface area contributed by atoms with Crippen LogP contribution in [0.1, 0.15) is 5.56 Å². The van der Waals surface area contributed by atoms with Crippen LogP contribution in [-0.4, -0.2) is 18.7 Å². The van der Waals surface area contributed by atoms with Crippen molar-refractivity contribution in [1.29, 1.82) is 0 Å². The lowest BCUT2D eigenvalue weighted by Gasteiger charge is -1.94. The number of benzene rings is 1. The molecule has 2 N–H and O–H groups in total. The number of nitrogens with zero attached hydrogens (tertiary/aromatic N) is 1. The molecule has 0 saturated heterocycles. The predicted octanol–water partition coefficient (Wildman–Crippen LogP) is 1.24. The molecule has 1 aromatic carbocycles. The summed E-state index contributed by atoms with van der Waals surface area (Å²) in [5, 5.41) is 0.607. The minimum absolute atomic E-state index is 0.00871. The normalized spacial score (nSPS) is 10.5. The Kier molecular flexibility index (Phi) is 3.46. The van der Waals surface area contributed by atoms with Crippen LogP contribution in [0.5, 0.6) is 0 Å². The molecule has 68 valence electrons. The minimum atomic E-state index is -0.455. The SMILES string of the molecule is NC(=O)CN=Cc1ccccc1Cl. The summed E-state index contributed by atoms with van der Waals surface area (Å²) >= 11 is 5.83. The first-order chi connectivity index (χ1) is 6.20. The standard InChI is InChI=1S/C9H9ClN2O/c10-8-4-2-1-3-7(8)5-12-6-9(11)13/h1-5H,6H2,(H2,11,13). The molecule has 0 bridgehead atoms. The first-order valence-electron chi connectivity index (χ1n) is 3.73. The van der Waals surface area contributed by atoms with Gasteiger partial charge in [0, 0.05) is 16.8 Å². The van der Waals surface area contributed by atoms with E-state index in [1.807, 2.05) is 18.2 Å². The number of halogens is 1. The Bertz CT molecular complexity index is 336. The molecular weight excluding hydrogens is 188 g/mol. The van der Waals surface area contributed by atoms with Gasteiger partial charge in [0.1, 0.15) is 6.54 Å². The first-order valence-corrected chi connectivity index (χ1v) is 4.10. The van der Waals surface area contributed by atoms with Crippen molar-refractivity contribution in [1.82, 2.24) is 0 Å². The van der Waals surface area contributed by atoms with Crippen LogP contribution < -0.4 is 5.73 Å². The van der Waals surface area contributed by atoms with Gasteiger partial charge in [-0.1, -0.05) is 29.8 Å². The molecule has 13 heavy (non-hydrogen) atoms. The molecule has 0 aromatic heterocycles. The maximum Gasteiger partial charge on any atom is 0.239 e. The summed E-state index contributed by atoms with van der Waals surface area (Å²) in [6.45, 7) is -0.00871. The Morgan fingerprint density at radius 1 is 1.54 bits per heavy atom. The van der Waals surface area contributed by atoms with Crippen LogP contribution in [0.3, 0.4) is 0 Å². The maximum atomic E-state index is 10.3. The smallest absolute Gasteiger partial charge is 0.239 e. The van der Waals surface area contributed by atoms with Crippen molar-refractivity contribution in [3.05, 3.63) is 34.9 Å². The topological polar surface area (TPSA) is 55.5 Å². The Morgan fingerprint density at radius 3 is 2.85 bits per heavy atom. The van der Waals surface area contributed by atoms with Gasteiger partial charge in [-0.15, -0.1) is 0 Å². The third kappa shape index (κ3) is 3.25. The van der Waals surface area contributed by atoms with E-state index in [1.54, 1.807) is 6.07 Å². The zero-order valence-corrected chi connectivity index (χ0v) is 7.66. The van der Waals surface area contributed by atoms with E-state index >= 15 is 0 Å². The van der Waals surface area contributed by atoms with E-state index in [0.29, 0.717) is 5.02 Å². The van der Waals surface area contributed by atoms with Crippen LogP contribution in [0.25, 0.3) is 0 Å². The van der Waals surface area contributed by atoms with Crippen molar-refractivity contribution in [2.75, 3.05) is 6.54 Å². The first kappa shape index (κ1) is 9.74. The lowest BCUT2D eigenvalue weighted by Crippen LogP contribution is -2.14.